The van der Waals surface area contributed by atoms with Crippen LogP contribution in [0.3, 0.4) is 0 Å². The van der Waals surface area contributed by atoms with Crippen molar-refractivity contribution in [2.24, 2.45) is 5.11 Å². The van der Waals surface area contributed by atoms with E-state index >= 15 is 0 Å². The van der Waals surface area contributed by atoms with Gasteiger partial charge in [-0.3, -0.25) is 9.59 Å². The van der Waals surface area contributed by atoms with Crippen LogP contribution >= 0.6 is 0 Å². The van der Waals surface area contributed by atoms with E-state index in [9.17, 15) is 14.8 Å². The zero-order valence-electron chi connectivity index (χ0n) is 17.5. The van der Waals surface area contributed by atoms with Gasteiger partial charge in [-0.25, -0.2) is 0 Å². The zero-order valence-corrected chi connectivity index (χ0v) is 17.5. The molecule has 0 aliphatic carbocycles. The summed E-state index contributed by atoms with van der Waals surface area (Å²) in [5.74, 6) is -0.654. The molecule has 0 saturated heterocycles. The molecule has 0 unspecified atom stereocenters. The Hall–Kier alpha value is -4.78. The van der Waals surface area contributed by atoms with Gasteiger partial charge in [0.1, 0.15) is 5.69 Å². The van der Waals surface area contributed by atoms with E-state index in [1.54, 1.807) is 97.1 Å². The molecule has 33 heavy (non-hydrogen) atoms. The molecule has 0 aliphatic heterocycles. The average molecular weight is 436 g/mol. The van der Waals surface area contributed by atoms with Crippen molar-refractivity contribution < 1.29 is 14.4 Å². The van der Waals surface area contributed by atoms with Crippen molar-refractivity contribution >= 4 is 34.6 Å². The van der Waals surface area contributed by atoms with Crippen LogP contribution in [0.4, 0.5) is 22.7 Å². The topological polar surface area (TPSA) is 96.6 Å². The summed E-state index contributed by atoms with van der Waals surface area (Å²) in [4.78, 5) is 25.5. The van der Waals surface area contributed by atoms with Gasteiger partial charge in [-0.1, -0.05) is 60.7 Å². The highest BCUT2D eigenvalue weighted by Gasteiger charge is 2.16. The van der Waals surface area contributed by atoms with Crippen molar-refractivity contribution in [2.45, 2.75) is 0 Å². The molecule has 7 nitrogen and oxygen atoms in total. The van der Waals surface area contributed by atoms with Crippen LogP contribution in [0.2, 0.25) is 0 Å². The number of nitrogens with one attached hydrogen (secondary N) is 2. The van der Waals surface area contributed by atoms with Gasteiger partial charge in [0.15, 0.2) is 5.69 Å². The standard InChI is InChI=1S/C26H20N4O3/c31-25(19-11-3-1-4-12-19)27-21-15-7-8-16-22(21)29-30(33)24-18-10-9-17-23(24)28-26(32)20-13-5-2-6-14-20/h1-18H,(H,27,31)(H,28,32). The maximum absolute atomic E-state index is 12.9. The largest absolute Gasteiger partial charge is 0.594 e. The van der Waals surface area contributed by atoms with Crippen LogP contribution in [0.5, 0.6) is 0 Å². The maximum Gasteiger partial charge on any atom is 0.268 e. The molecular weight excluding hydrogens is 416 g/mol. The summed E-state index contributed by atoms with van der Waals surface area (Å²) in [7, 11) is 0. The van der Waals surface area contributed by atoms with Gasteiger partial charge < -0.3 is 15.8 Å². The monoisotopic (exact) mass is 436 g/mol. The highest BCUT2D eigenvalue weighted by atomic mass is 16.5. The molecule has 4 aromatic carbocycles. The lowest BCUT2D eigenvalue weighted by molar-refractivity contribution is -0.434. The van der Waals surface area contributed by atoms with Crippen LogP contribution < -0.4 is 10.6 Å². The van der Waals surface area contributed by atoms with Crippen LogP contribution in [0.25, 0.3) is 0 Å². The first-order valence-corrected chi connectivity index (χ1v) is 10.2. The highest BCUT2D eigenvalue weighted by molar-refractivity contribution is 6.06. The molecule has 0 atom stereocenters. The van der Waals surface area contributed by atoms with E-state index < -0.39 is 0 Å². The third kappa shape index (κ3) is 5.29. The van der Waals surface area contributed by atoms with E-state index in [1.807, 2.05) is 12.1 Å². The number of benzene rings is 4. The van der Waals surface area contributed by atoms with E-state index in [2.05, 4.69) is 15.7 Å². The minimum absolute atomic E-state index is 0.158. The lowest BCUT2D eigenvalue weighted by Crippen LogP contribution is -2.13. The molecule has 2 amide bonds. The van der Waals surface area contributed by atoms with Crippen LogP contribution in [-0.4, -0.2) is 16.7 Å². The Morgan fingerprint density at radius 3 is 1.67 bits per heavy atom. The number of hydrogen-bond donors (Lipinski definition) is 2. The molecule has 2 N–H and O–H groups in total. The fourth-order valence-electron chi connectivity index (χ4n) is 3.13. The fraction of sp³-hybridized carbons (Fsp3) is 0. The molecule has 4 aromatic rings. The summed E-state index contributed by atoms with van der Waals surface area (Å²) in [6.07, 6.45) is 0. The summed E-state index contributed by atoms with van der Waals surface area (Å²) >= 11 is 0. The Labute approximate surface area is 190 Å². The van der Waals surface area contributed by atoms with E-state index in [0.717, 1.165) is 0 Å². The number of hydrogen-bond acceptors (Lipinski definition) is 4. The van der Waals surface area contributed by atoms with Crippen molar-refractivity contribution in [2.75, 3.05) is 10.6 Å². The molecular formula is C26H20N4O3. The van der Waals surface area contributed by atoms with Gasteiger partial charge >= 0.3 is 0 Å². The summed E-state index contributed by atoms with van der Waals surface area (Å²) in [6.45, 7) is 0. The number of para-hydroxylation sites is 3. The molecule has 0 bridgehead atoms. The first kappa shape index (κ1) is 21.5. The van der Waals surface area contributed by atoms with Crippen molar-refractivity contribution in [1.29, 1.82) is 0 Å². The van der Waals surface area contributed by atoms with E-state index in [4.69, 9.17) is 0 Å². The Kier molecular flexibility index (Phi) is 6.51. The van der Waals surface area contributed by atoms with Crippen LogP contribution in [0.15, 0.2) is 114 Å². The number of carbonyl (C=O) groups excluding carboxylic acids is 2. The molecule has 0 saturated carbocycles. The smallest absolute Gasteiger partial charge is 0.268 e. The maximum atomic E-state index is 12.9. The number of amides is 2. The van der Waals surface area contributed by atoms with Crippen molar-refractivity contribution in [1.82, 2.24) is 0 Å². The van der Waals surface area contributed by atoms with Crippen LogP contribution in [-0.2, 0) is 0 Å². The first-order chi connectivity index (χ1) is 16.1. The van der Waals surface area contributed by atoms with Gasteiger partial charge in [0.05, 0.1) is 5.69 Å². The second-order valence-electron chi connectivity index (χ2n) is 7.05. The first-order valence-electron chi connectivity index (χ1n) is 10.2. The number of azo groups is 1. The number of anilines is 2. The lowest BCUT2D eigenvalue weighted by Gasteiger charge is -2.10. The molecule has 0 fully saturated rings. The van der Waals surface area contributed by atoms with Gasteiger partial charge in [-0.05, 0) is 47.3 Å². The molecule has 4 rings (SSSR count). The minimum Gasteiger partial charge on any atom is -0.594 e. The second kappa shape index (κ2) is 10.0. The molecule has 0 aromatic heterocycles. The lowest BCUT2D eigenvalue weighted by atomic mass is 10.2. The predicted molar refractivity (Wildman–Crippen MR) is 127 cm³/mol. The number of rotatable bonds is 6. The summed E-state index contributed by atoms with van der Waals surface area (Å²) in [6, 6.07) is 30.8. The quantitative estimate of drug-likeness (QED) is 0.217. The molecule has 162 valence electrons. The van der Waals surface area contributed by atoms with Crippen molar-refractivity contribution in [3.8, 4) is 0 Å². The summed E-state index contributed by atoms with van der Waals surface area (Å²) in [5, 5.41) is 22.6. The molecule has 0 aliphatic rings. The van der Waals surface area contributed by atoms with Gasteiger partial charge in [-0.15, -0.1) is 0 Å². The van der Waals surface area contributed by atoms with Crippen LogP contribution in [0.1, 0.15) is 20.7 Å². The molecule has 0 radical (unpaired) electrons. The highest BCUT2D eigenvalue weighted by Crippen LogP contribution is 2.30. The SMILES string of the molecule is O=C(Nc1ccccc1N=[N+]([O-])c1ccccc1NC(=O)c1ccccc1)c1ccccc1. The molecule has 0 heterocycles. The van der Waals surface area contributed by atoms with E-state index in [0.29, 0.717) is 27.4 Å². The molecule has 7 heteroatoms. The minimum atomic E-state index is -0.341. The fourth-order valence-corrected chi connectivity index (χ4v) is 3.13. The van der Waals surface area contributed by atoms with E-state index in [-0.39, 0.29) is 23.2 Å². The van der Waals surface area contributed by atoms with E-state index in [1.165, 1.54) is 0 Å². The summed E-state index contributed by atoms with van der Waals surface area (Å²) < 4.78 is 0. The Morgan fingerprint density at radius 1 is 0.606 bits per heavy atom. The zero-order chi connectivity index (χ0) is 23.0. The van der Waals surface area contributed by atoms with Crippen molar-refractivity contribution in [3.63, 3.8) is 0 Å². The normalized spacial score (nSPS) is 11.0. The molecule has 0 spiro atoms. The second-order valence-corrected chi connectivity index (χ2v) is 7.05. The van der Waals surface area contributed by atoms with Gasteiger partial charge in [0, 0.05) is 22.3 Å². The number of nitrogens with zero attached hydrogens (tertiary/aromatic N) is 2. The van der Waals surface area contributed by atoms with Crippen LogP contribution in [0, 0.1) is 5.21 Å². The van der Waals surface area contributed by atoms with Crippen molar-refractivity contribution in [3.05, 3.63) is 126 Å². The average Bonchev–Trinajstić information content (AvgIpc) is 2.86. The Balaban J connectivity index is 1.60. The predicted octanol–water partition coefficient (Wildman–Crippen LogP) is 6.12. The number of carbonyl (C=O) groups is 2. The Morgan fingerprint density at radius 2 is 1.06 bits per heavy atom. The van der Waals surface area contributed by atoms with Gasteiger partial charge in [0.2, 0.25) is 0 Å². The van der Waals surface area contributed by atoms with Gasteiger partial charge in [-0.2, -0.15) is 0 Å². The third-order valence-electron chi connectivity index (χ3n) is 4.78. The third-order valence-corrected chi connectivity index (χ3v) is 4.78. The van der Waals surface area contributed by atoms with Gasteiger partial charge in [0.25, 0.3) is 17.5 Å². The summed E-state index contributed by atoms with van der Waals surface area (Å²) in [5.41, 5.74) is 2.09. The Bertz CT molecular complexity index is 1310.